The van der Waals surface area contributed by atoms with Gasteiger partial charge in [-0.25, -0.2) is 4.98 Å². The van der Waals surface area contributed by atoms with E-state index >= 15 is 0 Å². The highest BCUT2D eigenvalue weighted by Crippen LogP contribution is 2.07. The Morgan fingerprint density at radius 2 is 2.60 bits per heavy atom. The molecule has 0 saturated carbocycles. The molecule has 0 N–H and O–H groups in total. The molecule has 0 saturated heterocycles. The maximum atomic E-state index is 5.00. The fourth-order valence-electron chi connectivity index (χ4n) is 0.803. The summed E-state index contributed by atoms with van der Waals surface area (Å²) in [5, 5.41) is 3.83. The number of fused-ring (bicyclic) bond motifs is 1. The number of hydrogen-bond acceptors (Lipinski definition) is 3. The molecule has 4 nitrogen and oxygen atoms in total. The first-order valence-electron chi connectivity index (χ1n) is 2.81. The largest absolute Gasteiger partial charge is 0.423 e. The molecule has 0 aliphatic heterocycles. The van der Waals surface area contributed by atoms with Crippen LogP contribution in [0.3, 0.4) is 0 Å². The Morgan fingerprint density at radius 3 is 3.40 bits per heavy atom. The van der Waals surface area contributed by atoms with Crippen LogP contribution in [-0.4, -0.2) is 14.6 Å². The molecule has 4 heteroatoms. The summed E-state index contributed by atoms with van der Waals surface area (Å²) < 4.78 is 6.55. The number of nitrogens with zero attached hydrogens (tertiary/aromatic N) is 3. The minimum Gasteiger partial charge on any atom is -0.423 e. The number of aromatic nitrogens is 3. The van der Waals surface area contributed by atoms with Gasteiger partial charge in [-0.2, -0.15) is 4.52 Å². The second-order valence-electron chi connectivity index (χ2n) is 1.82. The van der Waals surface area contributed by atoms with Gasteiger partial charge in [0, 0.05) is 0 Å². The van der Waals surface area contributed by atoms with Gasteiger partial charge < -0.3 is 4.42 Å². The van der Waals surface area contributed by atoms with E-state index in [9.17, 15) is 0 Å². The summed E-state index contributed by atoms with van der Waals surface area (Å²) in [6.07, 6.45) is 4.57. The molecule has 0 bridgehead atoms. The molecule has 0 aromatic carbocycles. The first kappa shape index (κ1) is 5.22. The molecular formula is C6H5N3O. The topological polar surface area (TPSA) is 43.3 Å². The van der Waals surface area contributed by atoms with Gasteiger partial charge in [0.15, 0.2) is 0 Å². The molecule has 0 fully saturated rings. The van der Waals surface area contributed by atoms with Crippen LogP contribution in [0.25, 0.3) is 11.8 Å². The highest BCUT2D eigenvalue weighted by atomic mass is 16.4. The van der Waals surface area contributed by atoms with Crippen molar-refractivity contribution in [2.24, 2.45) is 0 Å². The Balaban J connectivity index is 2.88. The maximum Gasteiger partial charge on any atom is 0.249 e. The van der Waals surface area contributed by atoms with Crippen molar-refractivity contribution >= 4 is 11.8 Å². The summed E-state index contributed by atoms with van der Waals surface area (Å²) in [4.78, 5) is 3.96. The second kappa shape index (κ2) is 1.70. The van der Waals surface area contributed by atoms with Crippen molar-refractivity contribution in [1.82, 2.24) is 14.6 Å². The molecule has 0 aliphatic rings. The number of imidazole rings is 1. The van der Waals surface area contributed by atoms with E-state index < -0.39 is 0 Å². The van der Waals surface area contributed by atoms with E-state index in [1.807, 2.05) is 0 Å². The lowest BCUT2D eigenvalue weighted by molar-refractivity contribution is 0.599. The standard InChI is InChI=1S/C6H5N3O/c1-2-5-6-9(3-7-5)8-4-10-6/h2-4H,1H2. The van der Waals surface area contributed by atoms with E-state index in [1.165, 1.54) is 6.39 Å². The minimum atomic E-state index is 0.634. The summed E-state index contributed by atoms with van der Waals surface area (Å²) >= 11 is 0. The first-order chi connectivity index (χ1) is 4.92. The highest BCUT2D eigenvalue weighted by Gasteiger charge is 2.02. The molecule has 2 heterocycles. The van der Waals surface area contributed by atoms with Crippen LogP contribution in [0.5, 0.6) is 0 Å². The Hall–Kier alpha value is -1.58. The zero-order chi connectivity index (χ0) is 6.97. The van der Waals surface area contributed by atoms with Crippen molar-refractivity contribution in [2.45, 2.75) is 0 Å². The normalized spacial score (nSPS) is 10.4. The smallest absolute Gasteiger partial charge is 0.249 e. The lowest BCUT2D eigenvalue weighted by Gasteiger charge is -1.76. The quantitative estimate of drug-likeness (QED) is 0.585. The van der Waals surface area contributed by atoms with Crippen LogP contribution in [0.1, 0.15) is 5.69 Å². The van der Waals surface area contributed by atoms with Gasteiger partial charge in [-0.3, -0.25) is 0 Å². The molecule has 2 rings (SSSR count). The van der Waals surface area contributed by atoms with Crippen LogP contribution in [0.2, 0.25) is 0 Å². The van der Waals surface area contributed by atoms with Crippen LogP contribution < -0.4 is 0 Å². The lowest BCUT2D eigenvalue weighted by Crippen LogP contribution is -1.75. The van der Waals surface area contributed by atoms with Crippen LogP contribution in [0.15, 0.2) is 23.7 Å². The van der Waals surface area contributed by atoms with Gasteiger partial charge >= 0.3 is 0 Å². The fourth-order valence-corrected chi connectivity index (χ4v) is 0.803. The van der Waals surface area contributed by atoms with E-state index in [-0.39, 0.29) is 0 Å². The molecule has 0 atom stereocenters. The number of rotatable bonds is 1. The highest BCUT2D eigenvalue weighted by molar-refractivity contribution is 5.57. The third-order valence-electron chi connectivity index (χ3n) is 1.26. The van der Waals surface area contributed by atoms with Crippen molar-refractivity contribution < 1.29 is 4.42 Å². The van der Waals surface area contributed by atoms with E-state index in [2.05, 4.69) is 16.7 Å². The SMILES string of the molecule is C=Cc1ncn2ncoc12. The third-order valence-corrected chi connectivity index (χ3v) is 1.26. The van der Waals surface area contributed by atoms with Gasteiger partial charge in [0.05, 0.1) is 0 Å². The van der Waals surface area contributed by atoms with Crippen LogP contribution in [0, 0.1) is 0 Å². The van der Waals surface area contributed by atoms with Crippen molar-refractivity contribution in [2.75, 3.05) is 0 Å². The lowest BCUT2D eigenvalue weighted by atomic mass is 10.5. The first-order valence-corrected chi connectivity index (χ1v) is 2.81. The van der Waals surface area contributed by atoms with Gasteiger partial charge in [-0.15, -0.1) is 5.10 Å². The molecule has 0 unspecified atom stereocenters. The van der Waals surface area contributed by atoms with Gasteiger partial charge in [0.1, 0.15) is 12.0 Å². The predicted octanol–water partition coefficient (Wildman–Crippen LogP) is 0.965. The van der Waals surface area contributed by atoms with Gasteiger partial charge in [-0.1, -0.05) is 6.58 Å². The summed E-state index contributed by atoms with van der Waals surface area (Å²) in [5.41, 5.74) is 1.35. The van der Waals surface area contributed by atoms with Crippen LogP contribution in [0.4, 0.5) is 0 Å². The molecule has 50 valence electrons. The van der Waals surface area contributed by atoms with E-state index in [0.29, 0.717) is 5.71 Å². The van der Waals surface area contributed by atoms with Crippen molar-refractivity contribution in [3.63, 3.8) is 0 Å². The molecule has 2 aromatic rings. The van der Waals surface area contributed by atoms with Crippen molar-refractivity contribution in [1.29, 1.82) is 0 Å². The second-order valence-corrected chi connectivity index (χ2v) is 1.82. The van der Waals surface area contributed by atoms with Crippen LogP contribution in [-0.2, 0) is 0 Å². The average molecular weight is 135 g/mol. The number of hydrogen-bond donors (Lipinski definition) is 0. The summed E-state index contributed by atoms with van der Waals surface area (Å²) in [7, 11) is 0. The van der Waals surface area contributed by atoms with Crippen molar-refractivity contribution in [3.8, 4) is 0 Å². The van der Waals surface area contributed by atoms with Gasteiger partial charge in [-0.05, 0) is 6.08 Å². The molecule has 0 radical (unpaired) electrons. The summed E-state index contributed by atoms with van der Waals surface area (Å²) in [6.45, 7) is 3.57. The molecule has 10 heavy (non-hydrogen) atoms. The van der Waals surface area contributed by atoms with E-state index in [0.717, 1.165) is 5.69 Å². The predicted molar refractivity (Wildman–Crippen MR) is 35.3 cm³/mol. The molecule has 0 spiro atoms. The molecule has 2 aromatic heterocycles. The third kappa shape index (κ3) is 0.500. The van der Waals surface area contributed by atoms with Gasteiger partial charge in [0.25, 0.3) is 0 Å². The molecular weight excluding hydrogens is 130 g/mol. The Kier molecular flexibility index (Phi) is 0.887. The molecule has 0 amide bonds. The van der Waals surface area contributed by atoms with Crippen LogP contribution >= 0.6 is 0 Å². The Bertz CT molecular complexity index is 360. The minimum absolute atomic E-state index is 0.634. The summed E-state index contributed by atoms with van der Waals surface area (Å²) in [5.74, 6) is 0. The zero-order valence-electron chi connectivity index (χ0n) is 5.19. The zero-order valence-corrected chi connectivity index (χ0v) is 5.19. The summed E-state index contributed by atoms with van der Waals surface area (Å²) in [6, 6.07) is 0. The maximum absolute atomic E-state index is 5.00. The van der Waals surface area contributed by atoms with Gasteiger partial charge in [0.2, 0.25) is 12.1 Å². The van der Waals surface area contributed by atoms with Crippen molar-refractivity contribution in [3.05, 3.63) is 25.0 Å². The fraction of sp³-hybridized carbons (Fsp3) is 0. The van der Waals surface area contributed by atoms with E-state index in [4.69, 9.17) is 4.42 Å². The Labute approximate surface area is 56.8 Å². The van der Waals surface area contributed by atoms with E-state index in [1.54, 1.807) is 16.9 Å². The molecule has 0 aliphatic carbocycles. The Morgan fingerprint density at radius 1 is 1.70 bits per heavy atom. The average Bonchev–Trinajstić information content (AvgIpc) is 2.44. The monoisotopic (exact) mass is 135 g/mol.